The molecule has 2 nitrogen and oxygen atoms in total. The van der Waals surface area contributed by atoms with Gasteiger partial charge in [0.1, 0.15) is 0 Å². The molecule has 218 valence electrons. The predicted octanol–water partition coefficient (Wildman–Crippen LogP) is 12.5. The van der Waals surface area contributed by atoms with Gasteiger partial charge in [0, 0.05) is 33.9 Å². The first-order valence-electron chi connectivity index (χ1n) is 16.5. The van der Waals surface area contributed by atoms with Crippen LogP contribution in [0.3, 0.4) is 0 Å². The number of nitrogens with one attached hydrogen (secondary N) is 2. The lowest BCUT2D eigenvalue weighted by Crippen LogP contribution is -1.99. The molecule has 8 rings (SSSR count). The van der Waals surface area contributed by atoms with Crippen LogP contribution in [0.5, 0.6) is 0 Å². The molecule has 0 saturated carbocycles. The van der Waals surface area contributed by atoms with E-state index in [9.17, 15) is 1.41 Å². The van der Waals surface area contributed by atoms with Gasteiger partial charge in [0.05, 0.1) is 0 Å². The Hall–Kier alpha value is -6.12. The van der Waals surface area contributed by atoms with Gasteiger partial charge in [-0.1, -0.05) is 140 Å². The lowest BCUT2D eigenvalue weighted by Gasteiger charge is -2.23. The molecule has 0 saturated heterocycles. The standard InChI is InChI=1S/C44H32N2/c1-3-17-34(18-4-1)45-36-27-25-33(26-28-36)39-29-30-42(46-35-19-5-2-6-20-35)44(41-24-12-16-32-14-8-10-22-38(32)41)43(39)40-23-11-15-31-13-7-9-21-37(31)40/h1-30,45-46H/i/hD2. The summed E-state index contributed by atoms with van der Waals surface area (Å²) in [6.45, 7) is 0. The SMILES string of the molecule is [2H]N(c1ccccc1)c1ccc(-c2ccc(N([2H])c3ccccc3)c(-c3cccc4ccccc34)c2-c2cccc3ccccc23)cc1. The largest absolute Gasteiger partial charge is 0.356 e. The number of anilines is 4. The van der Waals surface area contributed by atoms with Crippen molar-refractivity contribution in [1.82, 2.24) is 0 Å². The maximum Gasteiger partial charge on any atom is 0.167 e. The van der Waals surface area contributed by atoms with Crippen LogP contribution in [0.1, 0.15) is 0 Å². The lowest BCUT2D eigenvalue weighted by molar-refractivity contribution is 1.52. The average Bonchev–Trinajstić information content (AvgIpc) is 3.17. The summed E-state index contributed by atoms with van der Waals surface area (Å²) in [6, 6.07) is 62.0. The van der Waals surface area contributed by atoms with Crippen LogP contribution in [-0.2, 0) is 0 Å². The summed E-state index contributed by atoms with van der Waals surface area (Å²) in [7, 11) is 0. The Morgan fingerprint density at radius 3 is 1.41 bits per heavy atom. The summed E-state index contributed by atoms with van der Waals surface area (Å²) in [6.07, 6.45) is 0. The van der Waals surface area contributed by atoms with Gasteiger partial charge in [-0.15, -0.1) is 0 Å². The first kappa shape index (κ1) is 25.2. The van der Waals surface area contributed by atoms with Gasteiger partial charge in [-0.25, -0.2) is 0 Å². The quantitative estimate of drug-likeness (QED) is 0.193. The highest BCUT2D eigenvalue weighted by molar-refractivity contribution is 6.12. The highest BCUT2D eigenvalue weighted by Crippen LogP contribution is 2.48. The number of fused-ring (bicyclic) bond motifs is 2. The maximum atomic E-state index is 9.51. The van der Waals surface area contributed by atoms with Crippen LogP contribution >= 0.6 is 0 Å². The van der Waals surface area contributed by atoms with Gasteiger partial charge < -0.3 is 10.6 Å². The molecule has 2 N–H and O–H groups in total. The van der Waals surface area contributed by atoms with Gasteiger partial charge >= 0.3 is 0 Å². The molecule has 2 heteroatoms. The molecule has 0 fully saturated rings. The van der Waals surface area contributed by atoms with Crippen molar-refractivity contribution in [1.29, 1.82) is 0 Å². The third-order valence-corrected chi connectivity index (χ3v) is 8.50. The van der Waals surface area contributed by atoms with Gasteiger partial charge in [0.15, 0.2) is 2.82 Å². The topological polar surface area (TPSA) is 24.1 Å². The molecule has 0 aliphatic carbocycles. The van der Waals surface area contributed by atoms with Crippen molar-refractivity contribution in [3.63, 3.8) is 0 Å². The zero-order chi connectivity index (χ0) is 32.5. The Labute approximate surface area is 272 Å². The predicted molar refractivity (Wildman–Crippen MR) is 197 cm³/mol. The third-order valence-electron chi connectivity index (χ3n) is 8.50. The van der Waals surface area contributed by atoms with E-state index in [1.54, 1.807) is 5.31 Å². The first-order chi connectivity index (χ1) is 23.7. The van der Waals surface area contributed by atoms with Crippen molar-refractivity contribution in [3.8, 4) is 33.4 Å². The molecule has 8 aromatic carbocycles. The summed E-state index contributed by atoms with van der Waals surface area (Å²) in [5.41, 5.74) is 9.49. The molecule has 0 aliphatic rings. The zero-order valence-electron chi connectivity index (χ0n) is 27.2. The Morgan fingerprint density at radius 1 is 0.326 bits per heavy atom. The molecule has 0 radical (unpaired) electrons. The highest BCUT2D eigenvalue weighted by atomic mass is 14.9. The summed E-state index contributed by atoms with van der Waals surface area (Å²) in [4.78, 5) is 0. The fraction of sp³-hybridized carbons (Fsp3) is 0. The molecular weight excluding hydrogens is 556 g/mol. The summed E-state index contributed by atoms with van der Waals surface area (Å²) >= 11 is 0. The molecule has 0 amide bonds. The van der Waals surface area contributed by atoms with E-state index in [-0.39, 0.29) is 0 Å². The van der Waals surface area contributed by atoms with Gasteiger partial charge in [-0.3, -0.25) is 0 Å². The second kappa shape index (κ2) is 12.1. The highest BCUT2D eigenvalue weighted by Gasteiger charge is 2.21. The molecule has 0 heterocycles. The Balaban J connectivity index is 1.44. The fourth-order valence-corrected chi connectivity index (χ4v) is 6.37. The number of hydrogen-bond acceptors (Lipinski definition) is 2. The van der Waals surface area contributed by atoms with Crippen molar-refractivity contribution in [3.05, 3.63) is 182 Å². The van der Waals surface area contributed by atoms with Crippen LogP contribution in [0.25, 0.3) is 54.9 Å². The minimum Gasteiger partial charge on any atom is -0.356 e. The zero-order valence-corrected chi connectivity index (χ0v) is 25.2. The Bertz CT molecular complexity index is 2360. The molecule has 0 aromatic heterocycles. The second-order valence-electron chi connectivity index (χ2n) is 11.4. The molecular formula is C44H32N2. The van der Waals surface area contributed by atoms with Crippen LogP contribution in [-0.4, -0.2) is 0 Å². The van der Waals surface area contributed by atoms with E-state index >= 15 is 0 Å². The van der Waals surface area contributed by atoms with E-state index in [0.717, 1.165) is 77.7 Å². The number of rotatable bonds is 7. The van der Waals surface area contributed by atoms with Crippen LogP contribution in [0.15, 0.2) is 182 Å². The van der Waals surface area contributed by atoms with Gasteiger partial charge in [-0.05, 0) is 86.3 Å². The fourth-order valence-electron chi connectivity index (χ4n) is 6.37. The molecule has 0 unspecified atom stereocenters. The molecule has 8 aromatic rings. The molecule has 0 atom stereocenters. The minimum atomic E-state index is 0.781. The average molecular weight is 591 g/mol. The van der Waals surface area contributed by atoms with E-state index in [1.807, 2.05) is 72.8 Å². The van der Waals surface area contributed by atoms with Crippen molar-refractivity contribution in [2.24, 2.45) is 0 Å². The normalized spacial score (nSPS) is 11.7. The second-order valence-corrected chi connectivity index (χ2v) is 11.4. The smallest absolute Gasteiger partial charge is 0.167 e. The van der Waals surface area contributed by atoms with Gasteiger partial charge in [0.25, 0.3) is 0 Å². The van der Waals surface area contributed by atoms with Crippen LogP contribution < -0.4 is 10.6 Å². The first-order valence-corrected chi connectivity index (χ1v) is 15.6. The molecule has 0 aliphatic heterocycles. The van der Waals surface area contributed by atoms with E-state index in [2.05, 4.69) is 109 Å². The van der Waals surface area contributed by atoms with Crippen LogP contribution in [0.2, 0.25) is 2.82 Å². The van der Waals surface area contributed by atoms with Crippen LogP contribution in [0.4, 0.5) is 22.7 Å². The van der Waals surface area contributed by atoms with E-state index in [1.165, 1.54) is 5.31 Å². The lowest BCUT2D eigenvalue weighted by atomic mass is 9.83. The van der Waals surface area contributed by atoms with Crippen molar-refractivity contribution < 1.29 is 2.82 Å². The summed E-state index contributed by atoms with van der Waals surface area (Å²) in [5, 5.41) is 7.59. The van der Waals surface area contributed by atoms with E-state index < -0.39 is 0 Å². The summed E-state index contributed by atoms with van der Waals surface area (Å²) in [5.74, 6) is 0. The van der Waals surface area contributed by atoms with E-state index in [0.29, 0.717) is 0 Å². The molecule has 0 bridgehead atoms. The Morgan fingerprint density at radius 2 is 0.804 bits per heavy atom. The third kappa shape index (κ3) is 5.27. The van der Waals surface area contributed by atoms with Gasteiger partial charge in [-0.2, -0.15) is 0 Å². The molecule has 46 heavy (non-hydrogen) atoms. The van der Waals surface area contributed by atoms with Gasteiger partial charge in [0.2, 0.25) is 0 Å². The number of hydrogen-bond donors (Lipinski definition) is 2. The molecule has 0 spiro atoms. The minimum absolute atomic E-state index is 0.781. The van der Waals surface area contributed by atoms with Crippen LogP contribution in [0, 0.1) is 0 Å². The van der Waals surface area contributed by atoms with Crippen molar-refractivity contribution >= 4 is 44.3 Å². The monoisotopic (exact) mass is 590 g/mol. The van der Waals surface area contributed by atoms with E-state index in [4.69, 9.17) is 1.41 Å². The maximum absolute atomic E-state index is 9.51. The van der Waals surface area contributed by atoms with Crippen molar-refractivity contribution in [2.75, 3.05) is 10.6 Å². The Kier molecular flexibility index (Phi) is 6.64. The van der Waals surface area contributed by atoms with Crippen molar-refractivity contribution in [2.45, 2.75) is 0 Å². The summed E-state index contributed by atoms with van der Waals surface area (Å²) < 4.78 is 18.3. The number of benzene rings is 8. The number of para-hydroxylation sites is 2.